The first-order valence-corrected chi connectivity index (χ1v) is 6.01. The minimum Gasteiger partial charge on any atom is -0.390 e. The molecular formula is C12H25NO2. The van der Waals surface area contributed by atoms with E-state index in [0.29, 0.717) is 12.5 Å². The Kier molecular flexibility index (Phi) is 4.56. The fourth-order valence-corrected chi connectivity index (χ4v) is 2.12. The van der Waals surface area contributed by atoms with Gasteiger partial charge in [-0.25, -0.2) is 0 Å². The fraction of sp³-hybridized carbons (Fsp3) is 1.00. The number of hydrogen-bond donors (Lipinski definition) is 3. The molecule has 0 unspecified atom stereocenters. The maximum atomic E-state index is 9.92. The highest BCUT2D eigenvalue weighted by atomic mass is 16.3. The molecule has 1 heterocycles. The first-order chi connectivity index (χ1) is 6.91. The Hall–Kier alpha value is -0.120. The van der Waals surface area contributed by atoms with Gasteiger partial charge in [-0.3, -0.25) is 0 Å². The smallest absolute Gasteiger partial charge is 0.0847 e. The highest BCUT2D eigenvalue weighted by Crippen LogP contribution is 2.24. The molecule has 1 fully saturated rings. The third-order valence-corrected chi connectivity index (χ3v) is 3.19. The van der Waals surface area contributed by atoms with E-state index in [1.54, 1.807) is 0 Å². The van der Waals surface area contributed by atoms with Gasteiger partial charge < -0.3 is 15.5 Å². The van der Waals surface area contributed by atoms with Crippen molar-refractivity contribution in [2.24, 2.45) is 5.41 Å². The topological polar surface area (TPSA) is 52.5 Å². The van der Waals surface area contributed by atoms with E-state index in [4.69, 9.17) is 0 Å². The number of piperidine rings is 1. The van der Waals surface area contributed by atoms with Crippen LogP contribution in [-0.4, -0.2) is 35.0 Å². The Bertz CT molecular complexity index is 183. The van der Waals surface area contributed by atoms with Crippen LogP contribution in [0.1, 0.15) is 46.5 Å². The van der Waals surface area contributed by atoms with Crippen LogP contribution in [0.5, 0.6) is 0 Å². The molecule has 15 heavy (non-hydrogen) atoms. The predicted molar refractivity (Wildman–Crippen MR) is 61.7 cm³/mol. The highest BCUT2D eigenvalue weighted by Gasteiger charge is 2.30. The minimum absolute atomic E-state index is 0.242. The quantitative estimate of drug-likeness (QED) is 0.665. The second kappa shape index (κ2) is 5.28. The van der Waals surface area contributed by atoms with Crippen molar-refractivity contribution in [2.75, 3.05) is 6.54 Å². The van der Waals surface area contributed by atoms with Gasteiger partial charge in [-0.1, -0.05) is 27.2 Å². The van der Waals surface area contributed by atoms with E-state index in [0.717, 1.165) is 13.0 Å². The summed E-state index contributed by atoms with van der Waals surface area (Å²) >= 11 is 0. The van der Waals surface area contributed by atoms with Crippen LogP contribution in [0.4, 0.5) is 0 Å². The number of rotatable bonds is 3. The lowest BCUT2D eigenvalue weighted by Gasteiger charge is -2.33. The molecule has 0 amide bonds. The molecule has 0 radical (unpaired) electrons. The van der Waals surface area contributed by atoms with Crippen LogP contribution in [0.25, 0.3) is 0 Å². The molecule has 3 atom stereocenters. The summed E-state index contributed by atoms with van der Waals surface area (Å²) in [5, 5.41) is 23.2. The fourth-order valence-electron chi connectivity index (χ4n) is 2.12. The lowest BCUT2D eigenvalue weighted by Crippen LogP contribution is -2.43. The van der Waals surface area contributed by atoms with Crippen LogP contribution in [0.2, 0.25) is 0 Å². The summed E-state index contributed by atoms with van der Waals surface area (Å²) in [6, 6.07) is 0.380. The zero-order valence-corrected chi connectivity index (χ0v) is 10.2. The van der Waals surface area contributed by atoms with Crippen LogP contribution in [-0.2, 0) is 0 Å². The second-order valence-corrected chi connectivity index (χ2v) is 5.76. The van der Waals surface area contributed by atoms with Gasteiger partial charge in [0.15, 0.2) is 0 Å². The van der Waals surface area contributed by atoms with Gasteiger partial charge >= 0.3 is 0 Å². The molecule has 0 aromatic rings. The molecule has 3 heteroatoms. The van der Waals surface area contributed by atoms with Gasteiger partial charge in [0.1, 0.15) is 0 Å². The Labute approximate surface area is 92.9 Å². The zero-order chi connectivity index (χ0) is 11.5. The van der Waals surface area contributed by atoms with Crippen molar-refractivity contribution in [3.63, 3.8) is 0 Å². The summed E-state index contributed by atoms with van der Waals surface area (Å²) in [7, 11) is 0. The Balaban J connectivity index is 2.36. The molecule has 1 aliphatic heterocycles. The van der Waals surface area contributed by atoms with E-state index < -0.39 is 12.2 Å². The van der Waals surface area contributed by atoms with E-state index in [2.05, 4.69) is 5.32 Å². The molecule has 90 valence electrons. The first kappa shape index (κ1) is 12.9. The van der Waals surface area contributed by atoms with Crippen molar-refractivity contribution in [2.45, 2.75) is 64.7 Å². The zero-order valence-electron chi connectivity index (χ0n) is 10.2. The summed E-state index contributed by atoms with van der Waals surface area (Å²) in [5.74, 6) is 0. The van der Waals surface area contributed by atoms with Crippen molar-refractivity contribution >= 4 is 0 Å². The lowest BCUT2D eigenvalue weighted by atomic mass is 9.83. The van der Waals surface area contributed by atoms with Crippen LogP contribution in [0.3, 0.4) is 0 Å². The Morgan fingerprint density at radius 3 is 2.40 bits per heavy atom. The number of hydrogen-bond acceptors (Lipinski definition) is 3. The highest BCUT2D eigenvalue weighted by molar-refractivity contribution is 4.84. The van der Waals surface area contributed by atoms with Crippen LogP contribution in [0, 0.1) is 5.41 Å². The number of aliphatic hydroxyl groups is 2. The molecule has 1 rings (SSSR count). The number of aliphatic hydroxyl groups excluding tert-OH is 2. The summed E-state index contributed by atoms with van der Waals surface area (Å²) in [6.45, 7) is 6.91. The summed E-state index contributed by atoms with van der Waals surface area (Å²) in [6.07, 6.45) is 3.00. The molecule has 3 nitrogen and oxygen atoms in total. The van der Waals surface area contributed by atoms with Gasteiger partial charge in [0.25, 0.3) is 0 Å². The van der Waals surface area contributed by atoms with Crippen molar-refractivity contribution in [3.05, 3.63) is 0 Å². The largest absolute Gasteiger partial charge is 0.390 e. The van der Waals surface area contributed by atoms with Crippen molar-refractivity contribution < 1.29 is 10.2 Å². The van der Waals surface area contributed by atoms with E-state index >= 15 is 0 Å². The standard InChI is InChI=1S/C12H25NO2/c1-12(2,3)11(15)10(14)8-9-6-4-5-7-13-9/h9-11,13-15H,4-8H2,1-3H3/t9-,10+,11+/m1/s1. The summed E-state index contributed by atoms with van der Waals surface area (Å²) in [5.41, 5.74) is -0.242. The molecule has 0 saturated carbocycles. The SMILES string of the molecule is CC(C)(C)[C@@H](O)[C@@H](O)C[C@H]1CCCCN1. The monoisotopic (exact) mass is 215 g/mol. The van der Waals surface area contributed by atoms with E-state index in [9.17, 15) is 10.2 Å². The van der Waals surface area contributed by atoms with Gasteiger partial charge in [0.05, 0.1) is 12.2 Å². The van der Waals surface area contributed by atoms with Crippen molar-refractivity contribution in [1.29, 1.82) is 0 Å². The minimum atomic E-state index is -0.638. The van der Waals surface area contributed by atoms with Crippen molar-refractivity contribution in [1.82, 2.24) is 5.32 Å². The van der Waals surface area contributed by atoms with Gasteiger partial charge in [0.2, 0.25) is 0 Å². The summed E-state index contributed by atoms with van der Waals surface area (Å²) < 4.78 is 0. The Morgan fingerprint density at radius 2 is 1.93 bits per heavy atom. The van der Waals surface area contributed by atoms with Crippen LogP contribution in [0.15, 0.2) is 0 Å². The van der Waals surface area contributed by atoms with Crippen LogP contribution >= 0.6 is 0 Å². The summed E-state index contributed by atoms with van der Waals surface area (Å²) in [4.78, 5) is 0. The Morgan fingerprint density at radius 1 is 1.27 bits per heavy atom. The maximum absolute atomic E-state index is 9.92. The van der Waals surface area contributed by atoms with E-state index in [1.165, 1.54) is 12.8 Å². The van der Waals surface area contributed by atoms with Gasteiger partial charge in [-0.05, 0) is 31.2 Å². The van der Waals surface area contributed by atoms with E-state index in [-0.39, 0.29) is 5.41 Å². The molecule has 0 aromatic carbocycles. The average Bonchev–Trinajstić information content (AvgIpc) is 2.16. The molecule has 1 aliphatic rings. The maximum Gasteiger partial charge on any atom is 0.0847 e. The molecule has 0 aromatic heterocycles. The lowest BCUT2D eigenvalue weighted by molar-refractivity contribution is -0.0519. The third kappa shape index (κ3) is 4.09. The molecule has 0 aliphatic carbocycles. The van der Waals surface area contributed by atoms with Gasteiger partial charge in [0, 0.05) is 6.04 Å². The van der Waals surface area contributed by atoms with Gasteiger partial charge in [-0.2, -0.15) is 0 Å². The normalized spacial score (nSPS) is 27.4. The van der Waals surface area contributed by atoms with Gasteiger partial charge in [-0.15, -0.1) is 0 Å². The molecule has 0 bridgehead atoms. The number of nitrogens with one attached hydrogen (secondary N) is 1. The predicted octanol–water partition coefficient (Wildman–Crippen LogP) is 1.29. The molecule has 0 spiro atoms. The molecule has 1 saturated heterocycles. The first-order valence-electron chi connectivity index (χ1n) is 6.01. The third-order valence-electron chi connectivity index (χ3n) is 3.19. The average molecular weight is 215 g/mol. The molecular weight excluding hydrogens is 190 g/mol. The molecule has 3 N–H and O–H groups in total. The van der Waals surface area contributed by atoms with Crippen LogP contribution < -0.4 is 5.32 Å². The van der Waals surface area contributed by atoms with Crippen molar-refractivity contribution in [3.8, 4) is 0 Å². The second-order valence-electron chi connectivity index (χ2n) is 5.76. The van der Waals surface area contributed by atoms with E-state index in [1.807, 2.05) is 20.8 Å².